The molecule has 0 bridgehead atoms. The highest BCUT2D eigenvalue weighted by Gasteiger charge is 2.27. The summed E-state index contributed by atoms with van der Waals surface area (Å²) in [7, 11) is 0. The summed E-state index contributed by atoms with van der Waals surface area (Å²) in [6.07, 6.45) is 8.01. The predicted molar refractivity (Wildman–Crippen MR) is 83.4 cm³/mol. The fourth-order valence-electron chi connectivity index (χ4n) is 2.84. The van der Waals surface area contributed by atoms with Crippen molar-refractivity contribution in [2.75, 3.05) is 18.2 Å². The zero-order valence-electron chi connectivity index (χ0n) is 11.4. The Morgan fingerprint density at radius 2 is 2.35 bits per heavy atom. The molecule has 3 rings (SSSR count). The highest BCUT2D eigenvalue weighted by atomic mass is 32.2. The fraction of sp³-hybridized carbons (Fsp3) is 0.615. The van der Waals surface area contributed by atoms with Gasteiger partial charge in [0.05, 0.1) is 0 Å². The number of nitrogens with one attached hydrogen (secondary N) is 1. The highest BCUT2D eigenvalue weighted by Crippen LogP contribution is 2.35. The molecule has 2 heterocycles. The third-order valence-electron chi connectivity index (χ3n) is 3.83. The van der Waals surface area contributed by atoms with Crippen molar-refractivity contribution >= 4 is 39.3 Å². The topological polar surface area (TPSA) is 70.9 Å². The molecule has 0 aliphatic heterocycles. The van der Waals surface area contributed by atoms with Gasteiger partial charge in [-0.15, -0.1) is 11.3 Å². The normalized spacial score (nSPS) is 22.5. The van der Waals surface area contributed by atoms with Crippen LogP contribution in [0.2, 0.25) is 0 Å². The molecule has 20 heavy (non-hydrogen) atoms. The second kappa shape index (κ2) is 6.24. The van der Waals surface area contributed by atoms with E-state index in [-0.39, 0.29) is 6.61 Å². The zero-order chi connectivity index (χ0) is 13.9. The number of rotatable bonds is 5. The lowest BCUT2D eigenvalue weighted by Crippen LogP contribution is -2.25. The Morgan fingerprint density at radius 3 is 3.15 bits per heavy atom. The molecule has 2 aromatic rings. The molecule has 1 fully saturated rings. The summed E-state index contributed by atoms with van der Waals surface area (Å²) >= 11 is 3.27. The van der Waals surface area contributed by atoms with Crippen molar-refractivity contribution in [1.29, 1.82) is 0 Å². The minimum Gasteiger partial charge on any atom is -0.396 e. The van der Waals surface area contributed by atoms with Crippen molar-refractivity contribution < 1.29 is 5.11 Å². The highest BCUT2D eigenvalue weighted by molar-refractivity contribution is 8.00. The largest absolute Gasteiger partial charge is 0.396 e. The quantitative estimate of drug-likeness (QED) is 0.828. The number of thiazole rings is 1. The van der Waals surface area contributed by atoms with Gasteiger partial charge in [-0.05, 0) is 31.4 Å². The Hall–Kier alpha value is -0.920. The summed E-state index contributed by atoms with van der Waals surface area (Å²) in [5.74, 6) is 1.43. The lowest BCUT2D eigenvalue weighted by molar-refractivity contribution is 0.254. The molecule has 0 aromatic carbocycles. The van der Waals surface area contributed by atoms with Crippen LogP contribution in [0.5, 0.6) is 0 Å². The van der Waals surface area contributed by atoms with Gasteiger partial charge >= 0.3 is 0 Å². The van der Waals surface area contributed by atoms with Gasteiger partial charge in [-0.2, -0.15) is 0 Å². The van der Waals surface area contributed by atoms with Gasteiger partial charge in [-0.3, -0.25) is 0 Å². The van der Waals surface area contributed by atoms with Crippen molar-refractivity contribution in [3.8, 4) is 0 Å². The van der Waals surface area contributed by atoms with Gasteiger partial charge in [0.1, 0.15) is 16.8 Å². The predicted octanol–water partition coefficient (Wildman–Crippen LogP) is 2.77. The van der Waals surface area contributed by atoms with Crippen LogP contribution in [0, 0.1) is 5.92 Å². The van der Waals surface area contributed by atoms with E-state index in [0.29, 0.717) is 12.0 Å². The number of aromatic nitrogens is 3. The third kappa shape index (κ3) is 2.75. The number of hydrogen-bond acceptors (Lipinski definition) is 7. The Morgan fingerprint density at radius 1 is 1.45 bits per heavy atom. The summed E-state index contributed by atoms with van der Waals surface area (Å²) in [5.41, 5.74) is 0.772. The van der Waals surface area contributed by atoms with Crippen LogP contribution < -0.4 is 5.32 Å². The van der Waals surface area contributed by atoms with Crippen molar-refractivity contribution in [1.82, 2.24) is 15.0 Å². The molecule has 5 nitrogen and oxygen atoms in total. The van der Waals surface area contributed by atoms with Gasteiger partial charge in [-0.1, -0.05) is 18.2 Å². The van der Waals surface area contributed by atoms with Gasteiger partial charge in [0, 0.05) is 12.6 Å². The van der Waals surface area contributed by atoms with Crippen LogP contribution in [0.1, 0.15) is 25.7 Å². The molecule has 1 saturated carbocycles. The van der Waals surface area contributed by atoms with E-state index in [1.807, 2.05) is 6.26 Å². The molecule has 1 aliphatic rings. The minimum atomic E-state index is 0.263. The first-order chi connectivity index (χ1) is 9.81. The number of hydrogen-bond donors (Lipinski definition) is 2. The monoisotopic (exact) mass is 310 g/mol. The number of aliphatic hydroxyl groups is 1. The van der Waals surface area contributed by atoms with E-state index in [1.54, 1.807) is 29.4 Å². The fourth-order valence-corrected chi connectivity index (χ4v) is 4.30. The maximum absolute atomic E-state index is 9.15. The van der Waals surface area contributed by atoms with E-state index in [1.165, 1.54) is 12.8 Å². The molecule has 2 atom stereocenters. The Balaban J connectivity index is 1.84. The number of aliphatic hydroxyl groups excluding tert-OH is 1. The van der Waals surface area contributed by atoms with Gasteiger partial charge in [-0.25, -0.2) is 15.0 Å². The molecule has 0 spiro atoms. The smallest absolute Gasteiger partial charge is 0.176 e. The van der Waals surface area contributed by atoms with Crippen LogP contribution in [-0.4, -0.2) is 39.0 Å². The molecular weight excluding hydrogens is 292 g/mol. The number of fused-ring (bicyclic) bond motifs is 1. The molecule has 2 aromatic heterocycles. The molecule has 0 radical (unpaired) electrons. The Bertz CT molecular complexity index is 589. The van der Waals surface area contributed by atoms with E-state index in [0.717, 1.165) is 33.3 Å². The second-order valence-electron chi connectivity index (χ2n) is 5.01. The standard InChI is InChI=1S/C13H18N4OS2/c1-19-13-17-12-10(20-13)11(14-7-15-12)16-9-4-2-3-8(9)5-6-18/h7-9,18H,2-6H2,1H3,(H,14,15,16). The summed E-state index contributed by atoms with van der Waals surface area (Å²) in [6, 6.07) is 0.403. The number of nitrogens with zero attached hydrogens (tertiary/aromatic N) is 3. The van der Waals surface area contributed by atoms with Crippen LogP contribution in [0.25, 0.3) is 10.3 Å². The van der Waals surface area contributed by atoms with E-state index in [9.17, 15) is 0 Å². The Kier molecular flexibility index (Phi) is 4.38. The van der Waals surface area contributed by atoms with Gasteiger partial charge in [0.15, 0.2) is 9.99 Å². The van der Waals surface area contributed by atoms with Crippen LogP contribution in [0.15, 0.2) is 10.7 Å². The van der Waals surface area contributed by atoms with Gasteiger partial charge in [0.25, 0.3) is 0 Å². The average molecular weight is 310 g/mol. The van der Waals surface area contributed by atoms with Crippen LogP contribution in [0.4, 0.5) is 5.82 Å². The van der Waals surface area contributed by atoms with Gasteiger partial charge < -0.3 is 10.4 Å². The molecule has 7 heteroatoms. The molecule has 2 N–H and O–H groups in total. The lowest BCUT2D eigenvalue weighted by atomic mass is 10.0. The second-order valence-corrected chi connectivity index (χ2v) is 7.07. The summed E-state index contributed by atoms with van der Waals surface area (Å²) in [4.78, 5) is 13.1. The first-order valence-corrected chi connectivity index (χ1v) is 8.89. The van der Waals surface area contributed by atoms with Crippen LogP contribution >= 0.6 is 23.1 Å². The van der Waals surface area contributed by atoms with E-state index in [2.05, 4.69) is 20.3 Å². The summed E-state index contributed by atoms with van der Waals surface area (Å²) < 4.78 is 2.05. The van der Waals surface area contributed by atoms with E-state index >= 15 is 0 Å². The molecule has 0 amide bonds. The number of anilines is 1. The van der Waals surface area contributed by atoms with Crippen molar-refractivity contribution in [2.45, 2.75) is 36.1 Å². The average Bonchev–Trinajstić information content (AvgIpc) is 3.06. The van der Waals surface area contributed by atoms with E-state index in [4.69, 9.17) is 5.11 Å². The SMILES string of the molecule is CSc1nc2ncnc(NC3CCCC3CCO)c2s1. The molecule has 108 valence electrons. The summed E-state index contributed by atoms with van der Waals surface area (Å²) in [5, 5.41) is 12.7. The first kappa shape index (κ1) is 14.0. The first-order valence-electron chi connectivity index (χ1n) is 6.84. The maximum Gasteiger partial charge on any atom is 0.176 e. The van der Waals surface area contributed by atoms with Crippen molar-refractivity contribution in [2.24, 2.45) is 5.92 Å². The van der Waals surface area contributed by atoms with Crippen LogP contribution in [-0.2, 0) is 0 Å². The number of thioether (sulfide) groups is 1. The molecular formula is C13H18N4OS2. The lowest BCUT2D eigenvalue weighted by Gasteiger charge is -2.20. The zero-order valence-corrected chi connectivity index (χ0v) is 13.0. The third-order valence-corrected chi connectivity index (χ3v) is 5.86. The van der Waals surface area contributed by atoms with Crippen LogP contribution in [0.3, 0.4) is 0 Å². The molecule has 2 unspecified atom stereocenters. The van der Waals surface area contributed by atoms with Crippen molar-refractivity contribution in [3.63, 3.8) is 0 Å². The minimum absolute atomic E-state index is 0.263. The Labute approximate surface area is 126 Å². The molecule has 1 aliphatic carbocycles. The van der Waals surface area contributed by atoms with Gasteiger partial charge in [0.2, 0.25) is 0 Å². The maximum atomic E-state index is 9.15. The molecule has 0 saturated heterocycles. The van der Waals surface area contributed by atoms with E-state index < -0.39 is 0 Å². The summed E-state index contributed by atoms with van der Waals surface area (Å²) in [6.45, 7) is 0.263. The van der Waals surface area contributed by atoms with Crippen molar-refractivity contribution in [3.05, 3.63) is 6.33 Å².